The summed E-state index contributed by atoms with van der Waals surface area (Å²) in [6.07, 6.45) is -0.575. The molecule has 0 saturated heterocycles. The fraction of sp³-hybridized carbons (Fsp3) is 0.375. The molecule has 0 aliphatic rings. The van der Waals surface area contributed by atoms with Gasteiger partial charge in [0.1, 0.15) is 5.75 Å². The van der Waals surface area contributed by atoms with Gasteiger partial charge in [-0.25, -0.2) is 4.68 Å². The minimum atomic E-state index is -0.575. The molecular formula is C16H20N2O2. The van der Waals surface area contributed by atoms with Crippen molar-refractivity contribution in [2.45, 2.75) is 40.7 Å². The third kappa shape index (κ3) is 2.74. The van der Waals surface area contributed by atoms with Gasteiger partial charge >= 0.3 is 0 Å². The standard InChI is InChI=1S/C16H20N2O2/c1-10-7-6-8-15(13(10)4)20-14(5)16(19)18-12(3)9-11(2)17-18/h6-9,14H,1-5H3. The lowest BCUT2D eigenvalue weighted by atomic mass is 10.1. The Bertz CT molecular complexity index is 644. The Balaban J connectivity index is 2.20. The molecule has 0 spiro atoms. The van der Waals surface area contributed by atoms with Crippen molar-refractivity contribution in [1.29, 1.82) is 0 Å². The number of hydrogen-bond donors (Lipinski definition) is 0. The van der Waals surface area contributed by atoms with E-state index in [-0.39, 0.29) is 5.91 Å². The number of nitrogens with zero attached hydrogens (tertiary/aromatic N) is 2. The molecule has 0 radical (unpaired) electrons. The summed E-state index contributed by atoms with van der Waals surface area (Å²) in [5.74, 6) is 0.587. The quantitative estimate of drug-likeness (QED) is 0.861. The zero-order valence-corrected chi connectivity index (χ0v) is 12.6. The van der Waals surface area contributed by atoms with Crippen LogP contribution in [0.1, 0.15) is 34.2 Å². The molecule has 106 valence electrons. The first kappa shape index (κ1) is 14.3. The molecule has 0 N–H and O–H groups in total. The Hall–Kier alpha value is -2.10. The third-order valence-corrected chi connectivity index (χ3v) is 3.42. The van der Waals surface area contributed by atoms with Crippen molar-refractivity contribution >= 4 is 5.91 Å². The highest BCUT2D eigenvalue weighted by molar-refractivity contribution is 5.83. The van der Waals surface area contributed by atoms with Gasteiger partial charge in [0, 0.05) is 5.69 Å². The zero-order chi connectivity index (χ0) is 14.9. The minimum absolute atomic E-state index is 0.156. The molecule has 0 amide bonds. The van der Waals surface area contributed by atoms with Gasteiger partial charge in [-0.15, -0.1) is 0 Å². The second kappa shape index (κ2) is 5.49. The predicted octanol–water partition coefficient (Wildman–Crippen LogP) is 3.22. The molecule has 0 aliphatic heterocycles. The highest BCUT2D eigenvalue weighted by atomic mass is 16.5. The zero-order valence-electron chi connectivity index (χ0n) is 12.6. The largest absolute Gasteiger partial charge is 0.481 e. The number of carbonyl (C=O) groups excluding carboxylic acids is 1. The molecule has 0 saturated carbocycles. The lowest BCUT2D eigenvalue weighted by Crippen LogP contribution is -2.31. The van der Waals surface area contributed by atoms with E-state index in [2.05, 4.69) is 5.10 Å². The molecular weight excluding hydrogens is 252 g/mol. The van der Waals surface area contributed by atoms with Crippen LogP contribution in [-0.2, 0) is 0 Å². The molecule has 20 heavy (non-hydrogen) atoms. The minimum Gasteiger partial charge on any atom is -0.481 e. The number of carbonyl (C=O) groups is 1. The van der Waals surface area contributed by atoms with Crippen molar-refractivity contribution in [3.63, 3.8) is 0 Å². The number of rotatable bonds is 3. The molecule has 1 aromatic heterocycles. The van der Waals surface area contributed by atoms with Crippen molar-refractivity contribution < 1.29 is 9.53 Å². The molecule has 2 rings (SSSR count). The summed E-state index contributed by atoms with van der Waals surface area (Å²) >= 11 is 0. The highest BCUT2D eigenvalue weighted by Gasteiger charge is 2.20. The molecule has 1 heterocycles. The van der Waals surface area contributed by atoms with E-state index in [0.717, 1.165) is 28.3 Å². The molecule has 4 nitrogen and oxygen atoms in total. The first-order valence-electron chi connectivity index (χ1n) is 6.70. The van der Waals surface area contributed by atoms with Crippen LogP contribution >= 0.6 is 0 Å². The smallest absolute Gasteiger partial charge is 0.287 e. The summed E-state index contributed by atoms with van der Waals surface area (Å²) in [6, 6.07) is 7.71. The van der Waals surface area contributed by atoms with Gasteiger partial charge in [0.25, 0.3) is 5.91 Å². The average Bonchev–Trinajstić information content (AvgIpc) is 2.73. The van der Waals surface area contributed by atoms with Crippen LogP contribution in [0.15, 0.2) is 24.3 Å². The van der Waals surface area contributed by atoms with Gasteiger partial charge in [0.15, 0.2) is 6.10 Å². The normalized spacial score (nSPS) is 12.2. The second-order valence-electron chi connectivity index (χ2n) is 5.14. The third-order valence-electron chi connectivity index (χ3n) is 3.42. The van der Waals surface area contributed by atoms with Crippen molar-refractivity contribution in [2.75, 3.05) is 0 Å². The molecule has 1 aromatic carbocycles. The van der Waals surface area contributed by atoms with E-state index in [4.69, 9.17) is 4.74 Å². The number of ether oxygens (including phenoxy) is 1. The molecule has 1 atom stereocenters. The number of aryl methyl sites for hydroxylation is 3. The van der Waals surface area contributed by atoms with Crippen LogP contribution in [0.25, 0.3) is 0 Å². The lowest BCUT2D eigenvalue weighted by Gasteiger charge is -2.16. The second-order valence-corrected chi connectivity index (χ2v) is 5.14. The Morgan fingerprint density at radius 1 is 1.25 bits per heavy atom. The Labute approximate surface area is 119 Å². The van der Waals surface area contributed by atoms with Gasteiger partial charge in [0.05, 0.1) is 5.69 Å². The Morgan fingerprint density at radius 2 is 1.95 bits per heavy atom. The van der Waals surface area contributed by atoms with E-state index in [1.54, 1.807) is 6.92 Å². The molecule has 0 aliphatic carbocycles. The van der Waals surface area contributed by atoms with E-state index in [1.165, 1.54) is 4.68 Å². The SMILES string of the molecule is Cc1cc(C)n(C(=O)C(C)Oc2cccc(C)c2C)n1. The highest BCUT2D eigenvalue weighted by Crippen LogP contribution is 2.22. The van der Waals surface area contributed by atoms with Crippen LogP contribution < -0.4 is 4.74 Å². The predicted molar refractivity (Wildman–Crippen MR) is 78.3 cm³/mol. The van der Waals surface area contributed by atoms with E-state index in [9.17, 15) is 4.79 Å². The summed E-state index contributed by atoms with van der Waals surface area (Å²) in [5.41, 5.74) is 3.85. The number of benzene rings is 1. The van der Waals surface area contributed by atoms with Crippen molar-refractivity contribution in [3.05, 3.63) is 46.8 Å². The summed E-state index contributed by atoms with van der Waals surface area (Å²) in [5, 5.41) is 4.20. The number of hydrogen-bond acceptors (Lipinski definition) is 3. The first-order chi connectivity index (χ1) is 9.40. The van der Waals surface area contributed by atoms with Crippen molar-refractivity contribution in [1.82, 2.24) is 9.78 Å². The topological polar surface area (TPSA) is 44.1 Å². The van der Waals surface area contributed by atoms with E-state index >= 15 is 0 Å². The van der Waals surface area contributed by atoms with E-state index in [0.29, 0.717) is 0 Å². The fourth-order valence-electron chi connectivity index (χ4n) is 2.12. The van der Waals surface area contributed by atoms with Gasteiger partial charge in [-0.2, -0.15) is 5.10 Å². The van der Waals surface area contributed by atoms with Crippen molar-refractivity contribution in [3.8, 4) is 5.75 Å². The van der Waals surface area contributed by atoms with Gasteiger partial charge in [0.2, 0.25) is 0 Å². The maximum Gasteiger partial charge on any atom is 0.287 e. The van der Waals surface area contributed by atoms with Crippen LogP contribution in [0.5, 0.6) is 5.75 Å². The monoisotopic (exact) mass is 272 g/mol. The van der Waals surface area contributed by atoms with Gasteiger partial charge < -0.3 is 4.74 Å². The molecule has 0 bridgehead atoms. The Morgan fingerprint density at radius 3 is 2.55 bits per heavy atom. The molecule has 1 unspecified atom stereocenters. The van der Waals surface area contributed by atoms with E-state index in [1.807, 2.05) is 52.0 Å². The van der Waals surface area contributed by atoms with Gasteiger partial charge in [-0.1, -0.05) is 12.1 Å². The summed E-state index contributed by atoms with van der Waals surface area (Å²) in [7, 11) is 0. The van der Waals surface area contributed by atoms with Crippen LogP contribution in [0.3, 0.4) is 0 Å². The maximum absolute atomic E-state index is 12.4. The molecule has 4 heteroatoms. The van der Waals surface area contributed by atoms with Gasteiger partial charge in [-0.3, -0.25) is 4.79 Å². The van der Waals surface area contributed by atoms with Crippen molar-refractivity contribution in [2.24, 2.45) is 0 Å². The summed E-state index contributed by atoms with van der Waals surface area (Å²) in [6.45, 7) is 9.50. The van der Waals surface area contributed by atoms with Crippen LogP contribution in [0, 0.1) is 27.7 Å². The Kier molecular flexibility index (Phi) is 3.93. The molecule has 2 aromatic rings. The van der Waals surface area contributed by atoms with E-state index < -0.39 is 6.10 Å². The van der Waals surface area contributed by atoms with Crippen LogP contribution in [0.4, 0.5) is 0 Å². The number of aromatic nitrogens is 2. The summed E-state index contributed by atoms with van der Waals surface area (Å²) in [4.78, 5) is 12.4. The van der Waals surface area contributed by atoms with Gasteiger partial charge in [-0.05, 0) is 57.9 Å². The lowest BCUT2D eigenvalue weighted by molar-refractivity contribution is 0.0706. The first-order valence-corrected chi connectivity index (χ1v) is 6.70. The fourth-order valence-corrected chi connectivity index (χ4v) is 2.12. The average molecular weight is 272 g/mol. The molecule has 0 fully saturated rings. The van der Waals surface area contributed by atoms with Crippen LogP contribution in [0.2, 0.25) is 0 Å². The van der Waals surface area contributed by atoms with Crippen LogP contribution in [-0.4, -0.2) is 21.8 Å². The summed E-state index contributed by atoms with van der Waals surface area (Å²) < 4.78 is 7.20. The maximum atomic E-state index is 12.4.